The number of hydrogen-bond acceptors (Lipinski definition) is 9. The van der Waals surface area contributed by atoms with Gasteiger partial charge >= 0.3 is 68.5 Å². The first-order valence-electron chi connectivity index (χ1n) is 14.6. The average Bonchev–Trinajstić information content (AvgIpc) is 3.68. The Bertz CT molecular complexity index is 1370. The minimum absolute atomic E-state index is 0. The van der Waals surface area contributed by atoms with Crippen molar-refractivity contribution in [1.29, 1.82) is 0 Å². The molecule has 2 atom stereocenters. The first-order valence-corrected chi connectivity index (χ1v) is 27.2. The number of rotatable bonds is 9. The van der Waals surface area contributed by atoms with Crippen molar-refractivity contribution in [2.75, 3.05) is 14.2 Å². The van der Waals surface area contributed by atoms with Gasteiger partial charge in [-0.05, 0) is 44.1 Å². The van der Waals surface area contributed by atoms with Gasteiger partial charge in [0, 0.05) is 28.6 Å². The number of ether oxygens (including phenoxy) is 3. The Kier molecular flexibility index (Phi) is 19.0. The molecule has 3 N–H and O–H groups in total. The number of aromatic nitrogens is 4. The van der Waals surface area contributed by atoms with E-state index in [0.717, 1.165) is 60.9 Å². The quantitative estimate of drug-likeness (QED) is 0.188. The standard InChI is InChI=1S/C19H23N3O4.C11H17N3O2.CH4.I3/c1-25-18(23)10-11-22-17-9-5-8-16(15(17)12-20-22)21-19(24)26-13-14-6-3-2-4-7-14;1-16-11(15)5-6-14-10-4-2-3-9(12)8(10)7-13-14;;1-3-2/h2-4,6-7,12,16H,5,8-11,13H2,1H3,(H,21,24);7,9H,2-6,12H2,1H3;1H4;/q;;;-1/t16-;9-;;/m11../s1. The molecule has 0 spiro atoms. The van der Waals surface area contributed by atoms with Crippen LogP contribution in [0.2, 0.25) is 0 Å². The molecule has 0 saturated carbocycles. The molecule has 12 nitrogen and oxygen atoms in total. The Morgan fingerprint density at radius 2 is 1.43 bits per heavy atom. The number of nitrogens with two attached hydrogens (primary N) is 1. The third-order valence-electron chi connectivity index (χ3n) is 7.59. The summed E-state index contributed by atoms with van der Waals surface area (Å²) in [6.45, 7) is 1.30. The van der Waals surface area contributed by atoms with E-state index in [0.29, 0.717) is 32.8 Å². The number of halogens is 3. The maximum atomic E-state index is 12.1. The van der Waals surface area contributed by atoms with Crippen LogP contribution >= 0.6 is 37.2 Å². The normalized spacial score (nSPS) is 16.1. The van der Waals surface area contributed by atoms with Crippen LogP contribution in [0.1, 0.15) is 86.1 Å². The van der Waals surface area contributed by atoms with E-state index in [1.807, 2.05) is 45.9 Å². The second-order valence-corrected chi connectivity index (χ2v) is 26.6. The van der Waals surface area contributed by atoms with Gasteiger partial charge in [-0.15, -0.1) is 0 Å². The third kappa shape index (κ3) is 12.6. The van der Waals surface area contributed by atoms with E-state index in [1.165, 1.54) is 19.9 Å². The van der Waals surface area contributed by atoms with Crippen molar-refractivity contribution >= 4 is 55.3 Å². The summed E-state index contributed by atoms with van der Waals surface area (Å²) < 4.78 is 18.3. The molecule has 0 fully saturated rings. The molecule has 2 aliphatic rings. The summed E-state index contributed by atoms with van der Waals surface area (Å²) in [5, 5.41) is 11.6. The van der Waals surface area contributed by atoms with Crippen molar-refractivity contribution in [2.45, 2.75) is 90.6 Å². The molecule has 0 saturated heterocycles. The van der Waals surface area contributed by atoms with Crippen molar-refractivity contribution in [3.05, 3.63) is 70.8 Å². The van der Waals surface area contributed by atoms with Crippen LogP contribution in [0.5, 0.6) is 0 Å². The number of amides is 1. The molecule has 0 unspecified atom stereocenters. The van der Waals surface area contributed by atoms with E-state index in [4.69, 9.17) is 10.5 Å². The molecule has 1 amide bonds. The van der Waals surface area contributed by atoms with E-state index >= 15 is 0 Å². The number of aryl methyl sites for hydroxylation is 2. The Morgan fingerprint density at radius 1 is 0.913 bits per heavy atom. The maximum absolute atomic E-state index is 12.1. The fourth-order valence-corrected chi connectivity index (χ4v) is 5.31. The first kappa shape index (κ1) is 40.2. The number of benzene rings is 1. The second-order valence-electron chi connectivity index (χ2n) is 10.4. The van der Waals surface area contributed by atoms with Gasteiger partial charge in [0.2, 0.25) is 0 Å². The third-order valence-corrected chi connectivity index (χ3v) is 7.59. The van der Waals surface area contributed by atoms with Crippen LogP contribution in [0.15, 0.2) is 42.7 Å². The van der Waals surface area contributed by atoms with Crippen LogP contribution in [0, 0.1) is 0 Å². The number of hydrogen-bond donors (Lipinski definition) is 2. The molecule has 46 heavy (non-hydrogen) atoms. The zero-order chi connectivity index (χ0) is 32.6. The van der Waals surface area contributed by atoms with Crippen molar-refractivity contribution in [2.24, 2.45) is 5.73 Å². The van der Waals surface area contributed by atoms with Gasteiger partial charge in [0.1, 0.15) is 6.61 Å². The summed E-state index contributed by atoms with van der Waals surface area (Å²) in [4.78, 5) is 34.5. The molecular weight excluding hydrogens is 933 g/mol. The van der Waals surface area contributed by atoms with Crippen LogP contribution < -0.4 is 24.3 Å². The molecule has 0 aliphatic heterocycles. The fraction of sp³-hybridized carbons (Fsp3) is 0.516. The van der Waals surface area contributed by atoms with E-state index < -0.39 is 6.09 Å². The van der Waals surface area contributed by atoms with Crippen molar-refractivity contribution in [1.82, 2.24) is 24.9 Å². The summed E-state index contributed by atoms with van der Waals surface area (Å²) in [5.74, 6) is -0.464. The van der Waals surface area contributed by atoms with Gasteiger partial charge in [0.15, 0.2) is 0 Å². The monoisotopic (exact) mass is 977 g/mol. The number of methoxy groups -OCH3 is 2. The van der Waals surface area contributed by atoms with Gasteiger partial charge in [0.25, 0.3) is 0 Å². The van der Waals surface area contributed by atoms with Crippen molar-refractivity contribution in [3.8, 4) is 0 Å². The van der Waals surface area contributed by atoms with E-state index in [2.05, 4.69) is 62.2 Å². The molecule has 256 valence electrons. The molecule has 15 heteroatoms. The summed E-state index contributed by atoms with van der Waals surface area (Å²) in [5.41, 5.74) is 11.3. The number of esters is 2. The van der Waals surface area contributed by atoms with E-state index in [9.17, 15) is 14.4 Å². The zero-order valence-electron chi connectivity index (χ0n) is 25.4. The van der Waals surface area contributed by atoms with Crippen molar-refractivity contribution in [3.63, 3.8) is 0 Å². The molecule has 2 aliphatic carbocycles. The number of nitrogens with one attached hydrogen (secondary N) is 1. The number of nitrogens with zero attached hydrogens (tertiary/aromatic N) is 4. The van der Waals surface area contributed by atoms with Crippen molar-refractivity contribution < 1.29 is 41.8 Å². The number of carbonyl (C=O) groups excluding carboxylic acids is 3. The summed E-state index contributed by atoms with van der Waals surface area (Å²) >= 11 is 5.30. The molecule has 0 bridgehead atoms. The van der Waals surface area contributed by atoms with Gasteiger partial charge in [-0.25, -0.2) is 4.79 Å². The Labute approximate surface area is 300 Å². The van der Waals surface area contributed by atoms with E-state index in [-0.39, 0.29) is 44.5 Å². The average molecular weight is 977 g/mol. The van der Waals surface area contributed by atoms with Crippen LogP contribution in [0.3, 0.4) is 0 Å². The molecule has 0 radical (unpaired) electrons. The molecule has 5 rings (SSSR count). The van der Waals surface area contributed by atoms with Crippen LogP contribution in [-0.2, 0) is 56.3 Å². The summed E-state index contributed by atoms with van der Waals surface area (Å²) in [7, 11) is 2.78. The van der Waals surface area contributed by atoms with Gasteiger partial charge in [-0.2, -0.15) is 10.2 Å². The zero-order valence-corrected chi connectivity index (χ0v) is 31.9. The predicted octanol–water partition coefficient (Wildman–Crippen LogP) is 2.94. The minimum atomic E-state index is -0.436. The first-order chi connectivity index (χ1) is 21.8. The SMILES string of the molecule is C.COC(=O)CCn1ncc2c1CCC[C@H]2N.COC(=O)CCn1ncc2c1CCC[C@H]2NC(=O)OCc1ccccc1.I[I-]I. The fourth-order valence-electron chi connectivity index (χ4n) is 5.31. The topological polar surface area (TPSA) is 153 Å². The molecular formula is C31H44I3N6O6-. The predicted molar refractivity (Wildman–Crippen MR) is 188 cm³/mol. The molecule has 1 aromatic carbocycles. The Morgan fingerprint density at radius 3 is 2.00 bits per heavy atom. The Balaban J connectivity index is 0.000000315. The number of carbonyl (C=O) groups is 3. The molecule has 2 heterocycles. The summed E-state index contributed by atoms with van der Waals surface area (Å²) in [6, 6.07) is 9.56. The van der Waals surface area contributed by atoms with Crippen LogP contribution in [-0.4, -0.2) is 51.8 Å². The van der Waals surface area contributed by atoms with Gasteiger partial charge in [-0.3, -0.25) is 19.0 Å². The number of alkyl carbamates (subject to hydrolysis) is 1. The summed E-state index contributed by atoms with van der Waals surface area (Å²) in [6.07, 6.45) is 9.60. The van der Waals surface area contributed by atoms with Gasteiger partial charge < -0.3 is 25.3 Å². The van der Waals surface area contributed by atoms with Gasteiger partial charge in [-0.1, -0.05) is 37.8 Å². The van der Waals surface area contributed by atoms with Crippen LogP contribution in [0.25, 0.3) is 0 Å². The second kappa shape index (κ2) is 21.8. The molecule has 2 aromatic heterocycles. The van der Waals surface area contributed by atoms with Crippen LogP contribution in [0.4, 0.5) is 4.79 Å². The molecule has 3 aromatic rings. The number of fused-ring (bicyclic) bond motifs is 2. The Hall–Kier alpha value is -2.00. The van der Waals surface area contributed by atoms with E-state index in [1.54, 1.807) is 6.20 Å². The van der Waals surface area contributed by atoms with Gasteiger partial charge in [0.05, 0.1) is 58.6 Å².